The first-order chi connectivity index (χ1) is 17.6. The largest absolute Gasteiger partial charge is 0.490 e. The van der Waals surface area contributed by atoms with E-state index in [9.17, 15) is 22.8 Å². The smallest absolute Gasteiger partial charge is 0.339 e. The fourth-order valence-electron chi connectivity index (χ4n) is 3.41. The van der Waals surface area contributed by atoms with Gasteiger partial charge in [-0.2, -0.15) is 8.42 Å². The predicted molar refractivity (Wildman–Crippen MR) is 140 cm³/mol. The second-order valence-electron chi connectivity index (χ2n) is 7.55. The summed E-state index contributed by atoms with van der Waals surface area (Å²) in [6.07, 6.45) is 1.26. The number of carbonyl (C=O) groups is 3. The average molecular weight is 606 g/mol. The molecule has 3 aromatic carbocycles. The van der Waals surface area contributed by atoms with Gasteiger partial charge in [0.25, 0.3) is 11.8 Å². The average Bonchev–Trinajstić information content (AvgIpc) is 2.85. The van der Waals surface area contributed by atoms with Gasteiger partial charge in [-0.05, 0) is 83.0 Å². The highest BCUT2D eigenvalue weighted by molar-refractivity contribution is 9.10. The highest BCUT2D eigenvalue weighted by Crippen LogP contribution is 2.39. The van der Waals surface area contributed by atoms with Crippen LogP contribution >= 0.6 is 27.5 Å². The van der Waals surface area contributed by atoms with E-state index in [1.807, 2.05) is 0 Å². The molecule has 0 spiro atoms. The molecule has 37 heavy (non-hydrogen) atoms. The van der Waals surface area contributed by atoms with Crippen molar-refractivity contribution in [1.82, 2.24) is 5.32 Å². The van der Waals surface area contributed by atoms with Gasteiger partial charge in [-0.3, -0.25) is 14.9 Å². The fraction of sp³-hybridized carbons (Fsp3) is 0.0800. The van der Waals surface area contributed by atoms with Crippen LogP contribution in [0, 0.1) is 0 Å². The standard InChI is InChI=1S/C25H18BrClN2O7S/c1-2-35-21-14-15(13-20(26)22(21)36-37(33,34)18-6-4-3-5-7-18)12-19-23(30)28-25(32)29(24(19)31)17-10-8-16(27)9-11-17/h3-14H,2H2,1H3,(H,28,30,32)/b19-12+. The normalized spacial score (nSPS) is 15.1. The molecule has 1 heterocycles. The topological polar surface area (TPSA) is 119 Å². The van der Waals surface area contributed by atoms with E-state index >= 15 is 0 Å². The Labute approximate surface area is 225 Å². The molecule has 4 amide bonds. The molecule has 0 atom stereocenters. The van der Waals surface area contributed by atoms with Crippen molar-refractivity contribution in [3.63, 3.8) is 0 Å². The number of imide groups is 2. The molecule has 1 aliphatic rings. The number of carbonyl (C=O) groups excluding carboxylic acids is 3. The van der Waals surface area contributed by atoms with Crippen molar-refractivity contribution in [2.45, 2.75) is 11.8 Å². The summed E-state index contributed by atoms with van der Waals surface area (Å²) in [5.74, 6) is -1.79. The Kier molecular flexibility index (Phi) is 7.67. The lowest BCUT2D eigenvalue weighted by molar-refractivity contribution is -0.122. The first kappa shape index (κ1) is 26.4. The number of amides is 4. The summed E-state index contributed by atoms with van der Waals surface area (Å²) in [5.41, 5.74) is 0.203. The maximum absolute atomic E-state index is 13.1. The maximum atomic E-state index is 13.1. The van der Waals surface area contributed by atoms with Crippen molar-refractivity contribution in [3.8, 4) is 11.5 Å². The number of nitrogens with zero attached hydrogens (tertiary/aromatic N) is 1. The van der Waals surface area contributed by atoms with Crippen molar-refractivity contribution >= 4 is 67.3 Å². The van der Waals surface area contributed by atoms with E-state index in [1.54, 1.807) is 25.1 Å². The van der Waals surface area contributed by atoms with Crippen LogP contribution in [0.15, 0.2) is 81.7 Å². The Bertz CT molecular complexity index is 1520. The Morgan fingerprint density at radius 3 is 2.35 bits per heavy atom. The van der Waals surface area contributed by atoms with Crippen LogP contribution < -0.4 is 19.1 Å². The molecule has 1 saturated heterocycles. The minimum Gasteiger partial charge on any atom is -0.490 e. The number of urea groups is 1. The maximum Gasteiger partial charge on any atom is 0.339 e. The van der Waals surface area contributed by atoms with E-state index in [2.05, 4.69) is 21.2 Å². The molecule has 4 rings (SSSR count). The van der Waals surface area contributed by atoms with Gasteiger partial charge in [-0.15, -0.1) is 0 Å². The predicted octanol–water partition coefficient (Wildman–Crippen LogP) is 4.94. The number of hydrogen-bond acceptors (Lipinski definition) is 7. The van der Waals surface area contributed by atoms with E-state index < -0.39 is 28.0 Å². The van der Waals surface area contributed by atoms with Crippen LogP contribution in [-0.4, -0.2) is 32.9 Å². The van der Waals surface area contributed by atoms with Gasteiger partial charge in [-0.1, -0.05) is 29.8 Å². The van der Waals surface area contributed by atoms with E-state index in [1.165, 1.54) is 54.6 Å². The number of anilines is 1. The molecule has 0 unspecified atom stereocenters. The number of barbiturate groups is 1. The zero-order chi connectivity index (χ0) is 26.7. The van der Waals surface area contributed by atoms with Crippen LogP contribution in [-0.2, 0) is 19.7 Å². The van der Waals surface area contributed by atoms with Gasteiger partial charge in [0.15, 0.2) is 11.5 Å². The molecule has 12 heteroatoms. The zero-order valence-electron chi connectivity index (χ0n) is 19.1. The Hall–Kier alpha value is -3.67. The summed E-state index contributed by atoms with van der Waals surface area (Å²) in [7, 11) is -4.18. The number of rotatable bonds is 7. The Balaban J connectivity index is 1.72. The van der Waals surface area contributed by atoms with E-state index in [0.29, 0.717) is 10.6 Å². The van der Waals surface area contributed by atoms with Gasteiger partial charge in [0.2, 0.25) is 0 Å². The molecule has 0 bridgehead atoms. The zero-order valence-corrected chi connectivity index (χ0v) is 22.3. The van der Waals surface area contributed by atoms with Crippen molar-refractivity contribution < 1.29 is 31.7 Å². The molecule has 9 nitrogen and oxygen atoms in total. The molecule has 0 saturated carbocycles. The number of ether oxygens (including phenoxy) is 1. The first-order valence-electron chi connectivity index (χ1n) is 10.7. The van der Waals surface area contributed by atoms with Crippen molar-refractivity contribution in [2.75, 3.05) is 11.5 Å². The Morgan fingerprint density at radius 2 is 1.70 bits per heavy atom. The first-order valence-corrected chi connectivity index (χ1v) is 13.3. The van der Waals surface area contributed by atoms with Gasteiger partial charge in [-0.25, -0.2) is 9.69 Å². The number of nitrogens with one attached hydrogen (secondary N) is 1. The van der Waals surface area contributed by atoms with Gasteiger partial charge in [0, 0.05) is 5.02 Å². The monoisotopic (exact) mass is 604 g/mol. The van der Waals surface area contributed by atoms with Crippen LogP contribution in [0.3, 0.4) is 0 Å². The summed E-state index contributed by atoms with van der Waals surface area (Å²) in [6.45, 7) is 1.87. The minimum absolute atomic E-state index is 0.0491. The van der Waals surface area contributed by atoms with Gasteiger partial charge in [0.1, 0.15) is 10.5 Å². The number of hydrogen-bond donors (Lipinski definition) is 1. The molecule has 0 radical (unpaired) electrons. The third kappa shape index (κ3) is 5.68. The second-order valence-corrected chi connectivity index (χ2v) is 10.4. The highest BCUT2D eigenvalue weighted by Gasteiger charge is 2.37. The third-order valence-electron chi connectivity index (χ3n) is 5.05. The van der Waals surface area contributed by atoms with Gasteiger partial charge >= 0.3 is 16.1 Å². The quantitative estimate of drug-likeness (QED) is 0.230. The van der Waals surface area contributed by atoms with Crippen LogP contribution in [0.4, 0.5) is 10.5 Å². The van der Waals surface area contributed by atoms with Crippen LogP contribution in [0.5, 0.6) is 11.5 Å². The van der Waals surface area contributed by atoms with E-state index in [0.717, 1.165) is 4.90 Å². The molecular formula is C25H18BrClN2O7S. The molecule has 190 valence electrons. The summed E-state index contributed by atoms with van der Waals surface area (Å²) in [6, 6.07) is 15.5. The van der Waals surface area contributed by atoms with Gasteiger partial charge in [0.05, 0.1) is 16.8 Å². The van der Waals surface area contributed by atoms with Crippen LogP contribution in [0.25, 0.3) is 6.08 Å². The molecule has 1 aliphatic heterocycles. The molecule has 3 aromatic rings. The second kappa shape index (κ2) is 10.8. The summed E-state index contributed by atoms with van der Waals surface area (Å²) < 4.78 is 36.7. The van der Waals surface area contributed by atoms with Crippen molar-refractivity contribution in [1.29, 1.82) is 0 Å². The van der Waals surface area contributed by atoms with Crippen LogP contribution in [0.1, 0.15) is 12.5 Å². The lowest BCUT2D eigenvalue weighted by Gasteiger charge is -2.26. The fourth-order valence-corrected chi connectivity index (χ4v) is 5.16. The highest BCUT2D eigenvalue weighted by atomic mass is 79.9. The number of halogens is 2. The summed E-state index contributed by atoms with van der Waals surface area (Å²) in [5, 5.41) is 2.54. The van der Waals surface area contributed by atoms with Crippen molar-refractivity contribution in [2.24, 2.45) is 0 Å². The SMILES string of the molecule is CCOc1cc(/C=C2\C(=O)NC(=O)N(c3ccc(Cl)cc3)C2=O)cc(Br)c1OS(=O)(=O)c1ccccc1. The van der Waals surface area contributed by atoms with E-state index in [-0.39, 0.29) is 38.7 Å². The lowest BCUT2D eigenvalue weighted by Crippen LogP contribution is -2.54. The minimum atomic E-state index is -4.18. The summed E-state index contributed by atoms with van der Waals surface area (Å²) >= 11 is 9.18. The Morgan fingerprint density at radius 1 is 1.03 bits per heavy atom. The number of benzene rings is 3. The molecular weight excluding hydrogens is 588 g/mol. The van der Waals surface area contributed by atoms with Crippen LogP contribution in [0.2, 0.25) is 5.02 Å². The molecule has 0 aromatic heterocycles. The van der Waals surface area contributed by atoms with E-state index in [4.69, 9.17) is 20.5 Å². The van der Waals surface area contributed by atoms with Gasteiger partial charge < -0.3 is 8.92 Å². The molecule has 1 fully saturated rings. The lowest BCUT2D eigenvalue weighted by atomic mass is 10.1. The summed E-state index contributed by atoms with van der Waals surface area (Å²) in [4.78, 5) is 38.8. The molecule has 0 aliphatic carbocycles. The molecule has 1 N–H and O–H groups in total. The van der Waals surface area contributed by atoms with Crippen molar-refractivity contribution in [3.05, 3.63) is 87.4 Å². The third-order valence-corrected chi connectivity index (χ3v) is 7.13.